The second-order valence-electron chi connectivity index (χ2n) is 6.32. The minimum atomic E-state index is 0.527. The molecular weight excluding hydrogens is 364 g/mol. The van der Waals surface area contributed by atoms with E-state index >= 15 is 0 Å². The van der Waals surface area contributed by atoms with Crippen LogP contribution in [-0.2, 0) is 6.54 Å². The largest absolute Gasteiger partial charge is 0.332 e. The van der Waals surface area contributed by atoms with Crippen LogP contribution in [0.5, 0.6) is 0 Å². The van der Waals surface area contributed by atoms with E-state index in [1.165, 1.54) is 0 Å². The lowest BCUT2D eigenvalue weighted by Crippen LogP contribution is -2.19. The Labute approximate surface area is 164 Å². The van der Waals surface area contributed by atoms with Gasteiger partial charge in [0.25, 0.3) is 0 Å². The minimum Gasteiger partial charge on any atom is -0.332 e. The molecule has 0 unspecified atom stereocenters. The first-order valence-electron chi connectivity index (χ1n) is 8.35. The van der Waals surface area contributed by atoms with Gasteiger partial charge >= 0.3 is 0 Å². The van der Waals surface area contributed by atoms with Crippen molar-refractivity contribution in [2.24, 2.45) is 0 Å². The number of hydrogen-bond acceptors (Lipinski definition) is 2. The van der Waals surface area contributed by atoms with Gasteiger partial charge in [-0.25, -0.2) is 0 Å². The Bertz CT molecular complexity index is 949. The van der Waals surface area contributed by atoms with E-state index in [1.54, 1.807) is 0 Å². The Morgan fingerprint density at radius 2 is 1.88 bits per heavy atom. The molecule has 0 aliphatic carbocycles. The van der Waals surface area contributed by atoms with Crippen LogP contribution in [0.1, 0.15) is 22.5 Å². The summed E-state index contributed by atoms with van der Waals surface area (Å²) in [5, 5.41) is 12.1. The predicted molar refractivity (Wildman–Crippen MR) is 113 cm³/mol. The number of halogens is 1. The van der Waals surface area contributed by atoms with Crippen molar-refractivity contribution in [3.05, 3.63) is 76.1 Å². The summed E-state index contributed by atoms with van der Waals surface area (Å²) in [4.78, 5) is 0. The molecule has 1 heterocycles. The van der Waals surface area contributed by atoms with E-state index in [4.69, 9.17) is 23.8 Å². The highest BCUT2D eigenvalue weighted by molar-refractivity contribution is 7.80. The molecule has 26 heavy (non-hydrogen) atoms. The third-order valence-electron chi connectivity index (χ3n) is 4.07. The number of hydrogen-bond donors (Lipinski definition) is 2. The molecular formula is C20H21ClN4S. The number of benzene rings is 2. The van der Waals surface area contributed by atoms with E-state index in [0.717, 1.165) is 40.4 Å². The number of aromatic nitrogens is 2. The third kappa shape index (κ3) is 4.62. The van der Waals surface area contributed by atoms with Gasteiger partial charge in [-0.2, -0.15) is 5.10 Å². The van der Waals surface area contributed by atoms with Crippen molar-refractivity contribution in [1.29, 1.82) is 0 Å². The number of thiocarbonyl (C=S) groups is 1. The molecule has 0 radical (unpaired) electrons. The third-order valence-corrected chi connectivity index (χ3v) is 4.51. The average molecular weight is 385 g/mol. The number of nitrogens with zero attached hydrogens (tertiary/aromatic N) is 2. The summed E-state index contributed by atoms with van der Waals surface area (Å²) in [6.45, 7) is 6.80. The van der Waals surface area contributed by atoms with Crippen LogP contribution in [0, 0.1) is 20.8 Å². The van der Waals surface area contributed by atoms with Gasteiger partial charge in [0.15, 0.2) is 5.11 Å². The number of aryl methyl sites for hydroxylation is 3. The molecule has 0 aliphatic rings. The van der Waals surface area contributed by atoms with Crippen LogP contribution in [-0.4, -0.2) is 14.9 Å². The Kier molecular flexibility index (Phi) is 5.59. The van der Waals surface area contributed by atoms with Crippen LogP contribution in [0.2, 0.25) is 5.02 Å². The van der Waals surface area contributed by atoms with Crippen molar-refractivity contribution < 1.29 is 0 Å². The van der Waals surface area contributed by atoms with Crippen molar-refractivity contribution >= 4 is 40.3 Å². The fraction of sp³-hybridized carbons (Fsp3) is 0.200. The van der Waals surface area contributed by atoms with Gasteiger partial charge in [-0.3, -0.25) is 4.68 Å². The number of rotatable bonds is 4. The zero-order chi connectivity index (χ0) is 18.7. The maximum atomic E-state index is 6.06. The van der Waals surface area contributed by atoms with Crippen molar-refractivity contribution in [3.63, 3.8) is 0 Å². The van der Waals surface area contributed by atoms with Crippen LogP contribution in [0.25, 0.3) is 0 Å². The van der Waals surface area contributed by atoms with E-state index in [9.17, 15) is 0 Å². The SMILES string of the molecule is Cc1cc(C)n(Cc2cccc(NC(=S)Nc3cc(Cl)ccc3C)c2)n1. The highest BCUT2D eigenvalue weighted by atomic mass is 35.5. The smallest absolute Gasteiger partial charge is 0.175 e. The summed E-state index contributed by atoms with van der Waals surface area (Å²) < 4.78 is 2.00. The molecule has 134 valence electrons. The molecule has 4 nitrogen and oxygen atoms in total. The van der Waals surface area contributed by atoms with Crippen molar-refractivity contribution in [3.8, 4) is 0 Å². The summed E-state index contributed by atoms with van der Waals surface area (Å²) >= 11 is 11.5. The topological polar surface area (TPSA) is 41.9 Å². The van der Waals surface area contributed by atoms with Crippen molar-refractivity contribution in [2.45, 2.75) is 27.3 Å². The summed E-state index contributed by atoms with van der Waals surface area (Å²) in [6.07, 6.45) is 0. The van der Waals surface area contributed by atoms with Crippen LogP contribution in [0.4, 0.5) is 11.4 Å². The highest BCUT2D eigenvalue weighted by Gasteiger charge is 2.05. The number of nitrogens with one attached hydrogen (secondary N) is 2. The second kappa shape index (κ2) is 7.89. The Morgan fingerprint density at radius 3 is 2.62 bits per heavy atom. The zero-order valence-corrected chi connectivity index (χ0v) is 16.6. The van der Waals surface area contributed by atoms with Gasteiger partial charge in [0.05, 0.1) is 12.2 Å². The Morgan fingerprint density at radius 1 is 1.08 bits per heavy atom. The summed E-state index contributed by atoms with van der Waals surface area (Å²) in [7, 11) is 0. The van der Waals surface area contributed by atoms with Gasteiger partial charge in [0.1, 0.15) is 0 Å². The van der Waals surface area contributed by atoms with Crippen LogP contribution < -0.4 is 10.6 Å². The lowest BCUT2D eigenvalue weighted by Gasteiger charge is -2.14. The summed E-state index contributed by atoms with van der Waals surface area (Å²) in [6, 6.07) is 15.9. The van der Waals surface area contributed by atoms with E-state index in [1.807, 2.05) is 48.9 Å². The molecule has 0 atom stereocenters. The molecule has 0 spiro atoms. The van der Waals surface area contributed by atoms with Gasteiger partial charge in [-0.1, -0.05) is 29.8 Å². The minimum absolute atomic E-state index is 0.527. The lowest BCUT2D eigenvalue weighted by molar-refractivity contribution is 0.659. The zero-order valence-electron chi connectivity index (χ0n) is 15.0. The van der Waals surface area contributed by atoms with Gasteiger partial charge in [-0.15, -0.1) is 0 Å². The van der Waals surface area contributed by atoms with Crippen molar-refractivity contribution in [1.82, 2.24) is 9.78 Å². The summed E-state index contributed by atoms with van der Waals surface area (Å²) in [5.41, 5.74) is 6.24. The first-order valence-corrected chi connectivity index (χ1v) is 9.13. The van der Waals surface area contributed by atoms with Gasteiger partial charge in [0.2, 0.25) is 0 Å². The standard InChI is InChI=1S/C20H21ClN4S/c1-13-7-8-17(21)11-19(13)23-20(26)22-18-6-4-5-16(10-18)12-25-15(3)9-14(2)24-25/h4-11H,12H2,1-3H3,(H2,22,23,26). The molecule has 0 aliphatic heterocycles. The second-order valence-corrected chi connectivity index (χ2v) is 7.17. The average Bonchev–Trinajstić information content (AvgIpc) is 2.88. The van der Waals surface area contributed by atoms with Gasteiger partial charge in [-0.05, 0) is 74.4 Å². The Hall–Kier alpha value is -2.37. The molecule has 0 saturated carbocycles. The molecule has 0 amide bonds. The van der Waals surface area contributed by atoms with Gasteiger partial charge in [0, 0.05) is 22.1 Å². The lowest BCUT2D eigenvalue weighted by atomic mass is 10.2. The molecule has 2 aromatic carbocycles. The van der Waals surface area contributed by atoms with Crippen LogP contribution in [0.15, 0.2) is 48.5 Å². The van der Waals surface area contributed by atoms with Crippen molar-refractivity contribution in [2.75, 3.05) is 10.6 Å². The molecule has 0 saturated heterocycles. The van der Waals surface area contributed by atoms with E-state index in [0.29, 0.717) is 10.1 Å². The molecule has 3 rings (SSSR count). The molecule has 3 aromatic rings. The van der Waals surface area contributed by atoms with E-state index in [2.05, 4.69) is 40.9 Å². The molecule has 0 fully saturated rings. The first kappa shape index (κ1) is 18.4. The predicted octanol–water partition coefficient (Wildman–Crippen LogP) is 5.32. The quantitative estimate of drug-likeness (QED) is 0.597. The maximum absolute atomic E-state index is 6.06. The molecule has 2 N–H and O–H groups in total. The fourth-order valence-electron chi connectivity index (χ4n) is 2.77. The van der Waals surface area contributed by atoms with Crippen LogP contribution in [0.3, 0.4) is 0 Å². The normalized spacial score (nSPS) is 10.6. The van der Waals surface area contributed by atoms with Crippen LogP contribution >= 0.6 is 23.8 Å². The molecule has 6 heteroatoms. The molecule has 0 bridgehead atoms. The first-order chi connectivity index (χ1) is 12.4. The summed E-state index contributed by atoms with van der Waals surface area (Å²) in [5.74, 6) is 0. The van der Waals surface area contributed by atoms with E-state index in [-0.39, 0.29) is 0 Å². The number of anilines is 2. The fourth-order valence-corrected chi connectivity index (χ4v) is 3.17. The molecule has 1 aromatic heterocycles. The van der Waals surface area contributed by atoms with Gasteiger partial charge < -0.3 is 10.6 Å². The monoisotopic (exact) mass is 384 g/mol. The van der Waals surface area contributed by atoms with E-state index < -0.39 is 0 Å². The Balaban J connectivity index is 1.69. The highest BCUT2D eigenvalue weighted by Crippen LogP contribution is 2.21. The maximum Gasteiger partial charge on any atom is 0.175 e.